The van der Waals surface area contributed by atoms with Crippen molar-refractivity contribution < 1.29 is 9.15 Å². The van der Waals surface area contributed by atoms with Gasteiger partial charge in [-0.25, -0.2) is 0 Å². The van der Waals surface area contributed by atoms with Crippen LogP contribution in [0.2, 0.25) is 0 Å². The molecule has 0 aliphatic rings. The summed E-state index contributed by atoms with van der Waals surface area (Å²) in [6, 6.07) is 15.6. The van der Waals surface area contributed by atoms with Crippen LogP contribution in [0.3, 0.4) is 0 Å². The summed E-state index contributed by atoms with van der Waals surface area (Å²) in [5, 5.41) is 16.4. The average Bonchev–Trinajstić information content (AvgIpc) is 3.15. The number of benzene rings is 2. The number of fused-ring (bicyclic) bond motifs is 1. The molecule has 2 aromatic heterocycles. The molecular weight excluding hydrogens is 404 g/mol. The Balaban J connectivity index is 1.61. The Bertz CT molecular complexity index is 1270. The molecule has 32 heavy (non-hydrogen) atoms. The molecule has 8 heteroatoms. The quantitative estimate of drug-likeness (QED) is 0.358. The molecule has 0 atom stereocenters. The molecule has 8 nitrogen and oxygen atoms in total. The normalized spacial score (nSPS) is 10.7. The first kappa shape index (κ1) is 21.1. The van der Waals surface area contributed by atoms with Crippen LogP contribution in [0.5, 0.6) is 6.01 Å². The van der Waals surface area contributed by atoms with Crippen LogP contribution in [0.15, 0.2) is 46.9 Å². The Morgan fingerprint density at radius 1 is 1.06 bits per heavy atom. The Labute approximate surface area is 186 Å². The average molecular weight is 428 g/mol. The fourth-order valence-electron chi connectivity index (χ4n) is 3.36. The maximum Gasteiger partial charge on any atom is 0.322 e. The van der Waals surface area contributed by atoms with E-state index in [1.165, 1.54) is 7.11 Å². The zero-order chi connectivity index (χ0) is 22.5. The van der Waals surface area contributed by atoms with Crippen molar-refractivity contribution in [3.05, 3.63) is 53.6 Å². The second kappa shape index (κ2) is 9.35. The van der Waals surface area contributed by atoms with E-state index >= 15 is 0 Å². The fraction of sp³-hybridized carbons (Fsp3) is 0.250. The van der Waals surface area contributed by atoms with E-state index < -0.39 is 0 Å². The molecule has 0 fully saturated rings. The van der Waals surface area contributed by atoms with Crippen LogP contribution in [-0.2, 0) is 0 Å². The lowest BCUT2D eigenvalue weighted by molar-refractivity contribution is 0.379. The zero-order valence-corrected chi connectivity index (χ0v) is 18.3. The fourth-order valence-corrected chi connectivity index (χ4v) is 3.36. The first-order chi connectivity index (χ1) is 15.6. The highest BCUT2D eigenvalue weighted by Gasteiger charge is 2.14. The molecular formula is C24H24N6O2. The first-order valence-corrected chi connectivity index (χ1v) is 10.5. The van der Waals surface area contributed by atoms with Gasteiger partial charge >= 0.3 is 6.01 Å². The number of methoxy groups -OCH3 is 1. The van der Waals surface area contributed by atoms with Gasteiger partial charge in [-0.05, 0) is 49.7 Å². The van der Waals surface area contributed by atoms with Gasteiger partial charge in [0.05, 0.1) is 18.7 Å². The highest BCUT2D eigenvalue weighted by atomic mass is 16.5. The van der Waals surface area contributed by atoms with Crippen LogP contribution in [0.4, 0.5) is 17.6 Å². The predicted molar refractivity (Wildman–Crippen MR) is 124 cm³/mol. The summed E-state index contributed by atoms with van der Waals surface area (Å²) in [5.74, 6) is 1.63. The van der Waals surface area contributed by atoms with E-state index in [-0.39, 0.29) is 6.01 Å². The summed E-state index contributed by atoms with van der Waals surface area (Å²) in [6.45, 7) is 4.93. The van der Waals surface area contributed by atoms with Crippen molar-refractivity contribution >= 4 is 28.6 Å². The van der Waals surface area contributed by atoms with Gasteiger partial charge in [-0.15, -0.1) is 0 Å². The number of rotatable bonds is 8. The minimum absolute atomic E-state index is 0.236. The van der Waals surface area contributed by atoms with Gasteiger partial charge in [0, 0.05) is 34.8 Å². The van der Waals surface area contributed by atoms with Gasteiger partial charge in [-0.1, -0.05) is 13.3 Å². The summed E-state index contributed by atoms with van der Waals surface area (Å²) < 4.78 is 11.4. The van der Waals surface area contributed by atoms with E-state index in [2.05, 4.69) is 38.6 Å². The Kier molecular flexibility index (Phi) is 6.17. The lowest BCUT2D eigenvalue weighted by Gasteiger charge is -2.09. The summed E-state index contributed by atoms with van der Waals surface area (Å²) in [6.07, 6.45) is 2.10. The van der Waals surface area contributed by atoms with Crippen LogP contribution in [-0.4, -0.2) is 28.6 Å². The third kappa shape index (κ3) is 4.47. The number of furan rings is 1. The van der Waals surface area contributed by atoms with Crippen LogP contribution in [0.1, 0.15) is 30.9 Å². The lowest BCUT2D eigenvalue weighted by atomic mass is 10.1. The van der Waals surface area contributed by atoms with E-state index in [1.54, 1.807) is 12.1 Å². The second-order valence-corrected chi connectivity index (χ2v) is 7.33. The van der Waals surface area contributed by atoms with E-state index in [0.717, 1.165) is 52.9 Å². The highest BCUT2D eigenvalue weighted by molar-refractivity contribution is 5.90. The third-order valence-corrected chi connectivity index (χ3v) is 5.08. The number of unbranched alkanes of at least 4 members (excludes halogenated alkanes) is 1. The number of hydrogen-bond acceptors (Lipinski definition) is 8. The maximum atomic E-state index is 9.02. The number of anilines is 3. The molecule has 2 aromatic carbocycles. The summed E-state index contributed by atoms with van der Waals surface area (Å²) in [7, 11) is 1.53. The van der Waals surface area contributed by atoms with E-state index in [1.807, 2.05) is 37.3 Å². The van der Waals surface area contributed by atoms with Gasteiger partial charge in [-0.2, -0.15) is 20.2 Å². The SMILES string of the molecule is CCCCNc1nc(Nc2ccc3c(C)c(-c4ccc(C#N)cc4)oc3c2)nc(OC)n1. The summed E-state index contributed by atoms with van der Waals surface area (Å²) in [4.78, 5) is 13.0. The van der Waals surface area contributed by atoms with Crippen molar-refractivity contribution in [1.82, 2.24) is 15.0 Å². The summed E-state index contributed by atoms with van der Waals surface area (Å²) in [5.41, 5.74) is 4.11. The number of aryl methyl sites for hydroxylation is 1. The van der Waals surface area contributed by atoms with Gasteiger partial charge in [0.15, 0.2) is 0 Å². The van der Waals surface area contributed by atoms with Gasteiger partial charge in [0.2, 0.25) is 11.9 Å². The molecule has 4 rings (SSSR count). The monoisotopic (exact) mass is 428 g/mol. The highest BCUT2D eigenvalue weighted by Crippen LogP contribution is 2.34. The zero-order valence-electron chi connectivity index (χ0n) is 18.3. The summed E-state index contributed by atoms with van der Waals surface area (Å²) >= 11 is 0. The Hall–Kier alpha value is -4.12. The van der Waals surface area contributed by atoms with Crippen molar-refractivity contribution in [3.8, 4) is 23.4 Å². The molecule has 2 N–H and O–H groups in total. The van der Waals surface area contributed by atoms with Crippen LogP contribution in [0.25, 0.3) is 22.3 Å². The number of nitriles is 1. The van der Waals surface area contributed by atoms with Gasteiger partial charge < -0.3 is 19.8 Å². The topological polar surface area (TPSA) is 109 Å². The predicted octanol–water partition coefficient (Wildman–Crippen LogP) is 5.43. The number of aromatic nitrogens is 3. The van der Waals surface area contributed by atoms with E-state index in [4.69, 9.17) is 14.4 Å². The number of nitrogens with one attached hydrogen (secondary N) is 2. The third-order valence-electron chi connectivity index (χ3n) is 5.08. The molecule has 0 bridgehead atoms. The molecule has 0 radical (unpaired) electrons. The van der Waals surface area contributed by atoms with Crippen LogP contribution in [0, 0.1) is 18.3 Å². The molecule has 0 aliphatic carbocycles. The van der Waals surface area contributed by atoms with Crippen molar-refractivity contribution in [2.45, 2.75) is 26.7 Å². The smallest absolute Gasteiger partial charge is 0.322 e. The van der Waals surface area contributed by atoms with Gasteiger partial charge in [0.1, 0.15) is 11.3 Å². The molecule has 0 unspecified atom stereocenters. The molecule has 4 aromatic rings. The van der Waals surface area contributed by atoms with Crippen LogP contribution < -0.4 is 15.4 Å². The largest absolute Gasteiger partial charge is 0.467 e. The minimum Gasteiger partial charge on any atom is -0.467 e. The Morgan fingerprint density at radius 2 is 1.84 bits per heavy atom. The molecule has 0 amide bonds. The van der Waals surface area contributed by atoms with Crippen LogP contribution >= 0.6 is 0 Å². The number of ether oxygens (including phenoxy) is 1. The number of nitrogens with zero attached hydrogens (tertiary/aromatic N) is 4. The Morgan fingerprint density at radius 3 is 2.56 bits per heavy atom. The molecule has 0 saturated carbocycles. The standard InChI is InChI=1S/C24H24N6O2/c1-4-5-12-26-22-28-23(30-24(29-22)31-3)27-18-10-11-19-15(2)21(32-20(19)13-18)17-8-6-16(14-25)7-9-17/h6-11,13H,4-5,12H2,1-3H3,(H2,26,27,28,29,30). The molecule has 0 aliphatic heterocycles. The van der Waals surface area contributed by atoms with Crippen molar-refractivity contribution in [3.63, 3.8) is 0 Å². The van der Waals surface area contributed by atoms with E-state index in [9.17, 15) is 0 Å². The van der Waals surface area contributed by atoms with Crippen molar-refractivity contribution in [2.24, 2.45) is 0 Å². The molecule has 162 valence electrons. The molecule has 0 spiro atoms. The lowest BCUT2D eigenvalue weighted by Crippen LogP contribution is -2.09. The minimum atomic E-state index is 0.236. The maximum absolute atomic E-state index is 9.02. The van der Waals surface area contributed by atoms with Crippen molar-refractivity contribution in [1.29, 1.82) is 5.26 Å². The first-order valence-electron chi connectivity index (χ1n) is 10.5. The number of hydrogen-bond donors (Lipinski definition) is 2. The molecule has 2 heterocycles. The van der Waals surface area contributed by atoms with Gasteiger partial charge in [-0.3, -0.25) is 0 Å². The molecule has 0 saturated heterocycles. The van der Waals surface area contributed by atoms with E-state index in [0.29, 0.717) is 17.5 Å². The van der Waals surface area contributed by atoms with Crippen molar-refractivity contribution in [2.75, 3.05) is 24.3 Å². The second-order valence-electron chi connectivity index (χ2n) is 7.33. The van der Waals surface area contributed by atoms with Gasteiger partial charge in [0.25, 0.3) is 0 Å².